The minimum atomic E-state index is 0.864. The highest BCUT2D eigenvalue weighted by molar-refractivity contribution is 5.86. The number of aromatic nitrogens is 2. The molecule has 0 atom stereocenters. The lowest BCUT2D eigenvalue weighted by Crippen LogP contribution is -1.98. The van der Waals surface area contributed by atoms with Crippen molar-refractivity contribution in [3.05, 3.63) is 54.4 Å². The van der Waals surface area contributed by atoms with Crippen LogP contribution in [0.15, 0.2) is 48.7 Å². The van der Waals surface area contributed by atoms with Gasteiger partial charge in [0, 0.05) is 18.9 Å². The average molecular weight is 237 g/mol. The van der Waals surface area contributed by atoms with Crippen molar-refractivity contribution in [2.75, 3.05) is 5.32 Å². The average Bonchev–Trinajstić information content (AvgIpc) is 2.68. The quantitative estimate of drug-likeness (QED) is 0.737. The SMILES string of the molecule is Cc1cn(C)c(Nc2ccc3ccccc3c2)n1. The van der Waals surface area contributed by atoms with Crippen molar-refractivity contribution in [2.45, 2.75) is 6.92 Å². The van der Waals surface area contributed by atoms with E-state index < -0.39 is 0 Å². The van der Waals surface area contributed by atoms with Crippen molar-refractivity contribution >= 4 is 22.4 Å². The van der Waals surface area contributed by atoms with Gasteiger partial charge >= 0.3 is 0 Å². The number of imidazole rings is 1. The Morgan fingerprint density at radius 2 is 1.83 bits per heavy atom. The Morgan fingerprint density at radius 1 is 1.06 bits per heavy atom. The molecule has 0 saturated carbocycles. The van der Waals surface area contributed by atoms with E-state index in [4.69, 9.17) is 0 Å². The number of benzene rings is 2. The zero-order valence-electron chi connectivity index (χ0n) is 10.5. The van der Waals surface area contributed by atoms with Crippen molar-refractivity contribution in [3.8, 4) is 0 Å². The molecule has 0 radical (unpaired) electrons. The highest BCUT2D eigenvalue weighted by atomic mass is 15.2. The number of rotatable bonds is 2. The van der Waals surface area contributed by atoms with Crippen LogP contribution in [0, 0.1) is 6.92 Å². The van der Waals surface area contributed by atoms with Gasteiger partial charge in [0.2, 0.25) is 5.95 Å². The molecule has 3 rings (SSSR count). The molecule has 1 heterocycles. The summed E-state index contributed by atoms with van der Waals surface area (Å²) in [6.45, 7) is 1.99. The van der Waals surface area contributed by atoms with Gasteiger partial charge in [-0.25, -0.2) is 4.98 Å². The maximum absolute atomic E-state index is 4.44. The molecule has 0 aliphatic rings. The molecule has 0 aliphatic heterocycles. The van der Waals surface area contributed by atoms with Gasteiger partial charge in [0.05, 0.1) is 5.69 Å². The van der Waals surface area contributed by atoms with E-state index in [1.807, 2.05) is 24.7 Å². The first-order valence-electron chi connectivity index (χ1n) is 5.98. The monoisotopic (exact) mass is 237 g/mol. The fraction of sp³-hybridized carbons (Fsp3) is 0.133. The predicted octanol–water partition coefficient (Wildman–Crippen LogP) is 3.63. The van der Waals surface area contributed by atoms with E-state index in [1.165, 1.54) is 10.8 Å². The summed E-state index contributed by atoms with van der Waals surface area (Å²) in [6.07, 6.45) is 2.00. The molecule has 90 valence electrons. The summed E-state index contributed by atoms with van der Waals surface area (Å²) in [6, 6.07) is 14.7. The van der Waals surface area contributed by atoms with Crippen LogP contribution in [0.2, 0.25) is 0 Å². The minimum Gasteiger partial charge on any atom is -0.326 e. The van der Waals surface area contributed by atoms with E-state index in [1.54, 1.807) is 0 Å². The fourth-order valence-corrected chi connectivity index (χ4v) is 2.13. The van der Waals surface area contributed by atoms with Gasteiger partial charge in [-0.1, -0.05) is 30.3 Å². The van der Waals surface area contributed by atoms with E-state index in [-0.39, 0.29) is 0 Å². The van der Waals surface area contributed by atoms with E-state index in [2.05, 4.69) is 52.8 Å². The van der Waals surface area contributed by atoms with E-state index in [0.29, 0.717) is 0 Å². The van der Waals surface area contributed by atoms with E-state index >= 15 is 0 Å². The second-order valence-corrected chi connectivity index (χ2v) is 4.50. The second kappa shape index (κ2) is 4.18. The van der Waals surface area contributed by atoms with Crippen LogP contribution in [0.1, 0.15) is 5.69 Å². The van der Waals surface area contributed by atoms with Gasteiger partial charge < -0.3 is 9.88 Å². The maximum Gasteiger partial charge on any atom is 0.207 e. The van der Waals surface area contributed by atoms with E-state index in [0.717, 1.165) is 17.3 Å². The van der Waals surface area contributed by atoms with Crippen molar-refractivity contribution in [1.29, 1.82) is 0 Å². The first-order chi connectivity index (χ1) is 8.72. The van der Waals surface area contributed by atoms with Crippen LogP contribution in [0.5, 0.6) is 0 Å². The molecule has 3 heteroatoms. The van der Waals surface area contributed by atoms with Crippen LogP contribution < -0.4 is 5.32 Å². The number of hydrogen-bond donors (Lipinski definition) is 1. The topological polar surface area (TPSA) is 29.9 Å². The van der Waals surface area contributed by atoms with Crippen molar-refractivity contribution in [1.82, 2.24) is 9.55 Å². The Morgan fingerprint density at radius 3 is 2.56 bits per heavy atom. The normalized spacial score (nSPS) is 10.8. The zero-order valence-corrected chi connectivity index (χ0v) is 10.5. The van der Waals surface area contributed by atoms with E-state index in [9.17, 15) is 0 Å². The Balaban J connectivity index is 1.97. The number of fused-ring (bicyclic) bond motifs is 1. The molecule has 0 fully saturated rings. The molecule has 0 amide bonds. The van der Waals surface area contributed by atoms with Gasteiger partial charge in [0.25, 0.3) is 0 Å². The third-order valence-electron chi connectivity index (χ3n) is 3.00. The second-order valence-electron chi connectivity index (χ2n) is 4.50. The summed E-state index contributed by atoms with van der Waals surface area (Å²) in [4.78, 5) is 4.44. The molecule has 18 heavy (non-hydrogen) atoms. The summed E-state index contributed by atoms with van der Waals surface area (Å²) in [5, 5.41) is 5.82. The molecule has 0 aliphatic carbocycles. The first-order valence-corrected chi connectivity index (χ1v) is 5.98. The minimum absolute atomic E-state index is 0.864. The molecular formula is C15H15N3. The Kier molecular flexibility index (Phi) is 2.52. The molecule has 3 nitrogen and oxygen atoms in total. The first kappa shape index (κ1) is 10.8. The summed E-state index contributed by atoms with van der Waals surface area (Å²) in [7, 11) is 1.99. The van der Waals surface area contributed by atoms with Crippen LogP contribution in [-0.4, -0.2) is 9.55 Å². The van der Waals surface area contributed by atoms with Crippen LogP contribution in [0.25, 0.3) is 10.8 Å². The van der Waals surface area contributed by atoms with Gasteiger partial charge in [-0.05, 0) is 29.8 Å². The van der Waals surface area contributed by atoms with Gasteiger partial charge in [-0.2, -0.15) is 0 Å². The highest BCUT2D eigenvalue weighted by Crippen LogP contribution is 2.21. The molecule has 1 N–H and O–H groups in total. The van der Waals surface area contributed by atoms with Crippen molar-refractivity contribution in [2.24, 2.45) is 7.05 Å². The third kappa shape index (κ3) is 1.95. The zero-order chi connectivity index (χ0) is 12.5. The molecule has 2 aromatic carbocycles. The Bertz CT molecular complexity index is 698. The van der Waals surface area contributed by atoms with Crippen molar-refractivity contribution < 1.29 is 0 Å². The van der Waals surface area contributed by atoms with Gasteiger partial charge in [-0.15, -0.1) is 0 Å². The summed E-state index contributed by atoms with van der Waals surface area (Å²) in [5.74, 6) is 0.864. The fourth-order valence-electron chi connectivity index (χ4n) is 2.13. The van der Waals surface area contributed by atoms with Gasteiger partial charge in [0.1, 0.15) is 0 Å². The third-order valence-corrected chi connectivity index (χ3v) is 3.00. The van der Waals surface area contributed by atoms with Gasteiger partial charge in [-0.3, -0.25) is 0 Å². The predicted molar refractivity (Wildman–Crippen MR) is 75.2 cm³/mol. The lowest BCUT2D eigenvalue weighted by molar-refractivity contribution is 0.924. The highest BCUT2D eigenvalue weighted by Gasteiger charge is 2.02. The molecule has 0 saturated heterocycles. The lowest BCUT2D eigenvalue weighted by atomic mass is 10.1. The number of anilines is 2. The number of aryl methyl sites for hydroxylation is 2. The summed E-state index contributed by atoms with van der Waals surface area (Å²) in [5.41, 5.74) is 2.07. The number of hydrogen-bond acceptors (Lipinski definition) is 2. The van der Waals surface area contributed by atoms with Crippen LogP contribution in [-0.2, 0) is 7.05 Å². The maximum atomic E-state index is 4.44. The molecule has 1 aromatic heterocycles. The number of nitrogens with one attached hydrogen (secondary N) is 1. The summed E-state index contributed by atoms with van der Waals surface area (Å²) < 4.78 is 1.99. The van der Waals surface area contributed by atoms with Crippen LogP contribution in [0.4, 0.5) is 11.6 Å². The van der Waals surface area contributed by atoms with Crippen LogP contribution in [0.3, 0.4) is 0 Å². The van der Waals surface area contributed by atoms with Gasteiger partial charge in [0.15, 0.2) is 0 Å². The van der Waals surface area contributed by atoms with Crippen molar-refractivity contribution in [3.63, 3.8) is 0 Å². The van der Waals surface area contributed by atoms with Crippen LogP contribution >= 0.6 is 0 Å². The lowest BCUT2D eigenvalue weighted by Gasteiger charge is -2.07. The summed E-state index contributed by atoms with van der Waals surface area (Å²) >= 11 is 0. The molecule has 0 spiro atoms. The Labute approximate surface area is 106 Å². The molecular weight excluding hydrogens is 222 g/mol. The largest absolute Gasteiger partial charge is 0.326 e. The Hall–Kier alpha value is -2.29. The molecule has 3 aromatic rings. The molecule has 0 bridgehead atoms. The smallest absolute Gasteiger partial charge is 0.207 e. The standard InChI is InChI=1S/C15H15N3/c1-11-10-18(2)15(16-11)17-14-8-7-12-5-3-4-6-13(12)9-14/h3-10H,1-2H3,(H,16,17). The molecule has 0 unspecified atom stereocenters. The number of nitrogens with zero attached hydrogens (tertiary/aromatic N) is 2.